The molecule has 0 aromatic heterocycles. The minimum atomic E-state index is 0.866. The number of hydrogen-bond acceptors (Lipinski definition) is 3. The number of hydrogen-bond donors (Lipinski definition) is 1. The Kier molecular flexibility index (Phi) is 4.83. The Balaban J connectivity index is 1.71. The predicted molar refractivity (Wildman–Crippen MR) is 71.1 cm³/mol. The van der Waals surface area contributed by atoms with E-state index in [1.165, 1.54) is 18.5 Å². The van der Waals surface area contributed by atoms with Gasteiger partial charge in [0.05, 0.1) is 6.61 Å². The van der Waals surface area contributed by atoms with E-state index in [1.54, 1.807) is 0 Å². The standard InChI is InChI=1S/C14H22N2O/c15-14-6-1-4-13(12-14)5-2-7-16-8-3-10-17-11-9-16/h1,4,6,12H,2-3,5,7-11,15H2. The molecule has 0 spiro atoms. The molecule has 0 bridgehead atoms. The lowest BCUT2D eigenvalue weighted by Gasteiger charge is -2.18. The van der Waals surface area contributed by atoms with E-state index in [9.17, 15) is 0 Å². The van der Waals surface area contributed by atoms with Crippen LogP contribution in [0.2, 0.25) is 0 Å². The lowest BCUT2D eigenvalue weighted by atomic mass is 10.1. The highest BCUT2D eigenvalue weighted by Crippen LogP contribution is 2.09. The van der Waals surface area contributed by atoms with Gasteiger partial charge in [-0.2, -0.15) is 0 Å². The van der Waals surface area contributed by atoms with E-state index >= 15 is 0 Å². The van der Waals surface area contributed by atoms with Gasteiger partial charge in [0, 0.05) is 25.4 Å². The van der Waals surface area contributed by atoms with E-state index in [0.717, 1.165) is 44.8 Å². The molecule has 17 heavy (non-hydrogen) atoms. The highest BCUT2D eigenvalue weighted by molar-refractivity contribution is 5.40. The zero-order chi connectivity index (χ0) is 11.9. The van der Waals surface area contributed by atoms with Crippen molar-refractivity contribution in [3.63, 3.8) is 0 Å². The normalized spacial score (nSPS) is 17.9. The second kappa shape index (κ2) is 6.62. The molecule has 3 heteroatoms. The van der Waals surface area contributed by atoms with Crippen LogP contribution in [-0.4, -0.2) is 37.7 Å². The van der Waals surface area contributed by atoms with Gasteiger partial charge < -0.3 is 15.4 Å². The number of nitrogens with zero attached hydrogens (tertiary/aromatic N) is 1. The second-order valence-electron chi connectivity index (χ2n) is 4.66. The van der Waals surface area contributed by atoms with Crippen molar-refractivity contribution in [1.29, 1.82) is 0 Å². The van der Waals surface area contributed by atoms with Crippen molar-refractivity contribution in [2.75, 3.05) is 38.6 Å². The van der Waals surface area contributed by atoms with Crippen LogP contribution in [0, 0.1) is 0 Å². The van der Waals surface area contributed by atoms with Crippen LogP contribution in [0.3, 0.4) is 0 Å². The fraction of sp³-hybridized carbons (Fsp3) is 0.571. The number of rotatable bonds is 4. The van der Waals surface area contributed by atoms with Crippen molar-refractivity contribution in [1.82, 2.24) is 4.90 Å². The summed E-state index contributed by atoms with van der Waals surface area (Å²) in [7, 11) is 0. The van der Waals surface area contributed by atoms with Crippen LogP contribution in [0.5, 0.6) is 0 Å². The fourth-order valence-corrected chi connectivity index (χ4v) is 2.28. The maximum Gasteiger partial charge on any atom is 0.0593 e. The van der Waals surface area contributed by atoms with Crippen LogP contribution in [0.4, 0.5) is 5.69 Å². The van der Waals surface area contributed by atoms with Gasteiger partial charge in [-0.05, 0) is 43.5 Å². The molecule has 1 aromatic rings. The third-order valence-corrected chi connectivity index (χ3v) is 3.21. The molecule has 2 N–H and O–H groups in total. The molecular formula is C14H22N2O. The molecule has 1 heterocycles. The maximum atomic E-state index is 5.77. The van der Waals surface area contributed by atoms with Crippen molar-refractivity contribution < 1.29 is 4.74 Å². The summed E-state index contributed by atoms with van der Waals surface area (Å²) in [6.45, 7) is 5.23. The van der Waals surface area contributed by atoms with E-state index in [0.29, 0.717) is 0 Å². The van der Waals surface area contributed by atoms with Gasteiger partial charge in [0.25, 0.3) is 0 Å². The molecule has 0 amide bonds. The summed E-state index contributed by atoms with van der Waals surface area (Å²) < 4.78 is 5.45. The van der Waals surface area contributed by atoms with Gasteiger partial charge in [-0.15, -0.1) is 0 Å². The SMILES string of the molecule is Nc1cccc(CCCN2CCCOCC2)c1. The van der Waals surface area contributed by atoms with Gasteiger partial charge in [-0.1, -0.05) is 12.1 Å². The Morgan fingerprint density at radius 1 is 1.24 bits per heavy atom. The first-order chi connectivity index (χ1) is 8.34. The lowest BCUT2D eigenvalue weighted by Crippen LogP contribution is -2.27. The van der Waals surface area contributed by atoms with Crippen LogP contribution in [0.15, 0.2) is 24.3 Å². The molecule has 2 rings (SSSR count). The topological polar surface area (TPSA) is 38.5 Å². The third-order valence-electron chi connectivity index (χ3n) is 3.21. The summed E-state index contributed by atoms with van der Waals surface area (Å²) in [5.74, 6) is 0. The van der Waals surface area contributed by atoms with E-state index in [4.69, 9.17) is 10.5 Å². The number of anilines is 1. The van der Waals surface area contributed by atoms with Crippen molar-refractivity contribution in [3.05, 3.63) is 29.8 Å². The highest BCUT2D eigenvalue weighted by atomic mass is 16.5. The number of nitrogens with two attached hydrogens (primary N) is 1. The smallest absolute Gasteiger partial charge is 0.0593 e. The van der Waals surface area contributed by atoms with Gasteiger partial charge in [0.2, 0.25) is 0 Å². The largest absolute Gasteiger partial charge is 0.399 e. The average molecular weight is 234 g/mol. The van der Waals surface area contributed by atoms with Crippen LogP contribution < -0.4 is 5.73 Å². The van der Waals surface area contributed by atoms with E-state index < -0.39 is 0 Å². The molecule has 0 atom stereocenters. The second-order valence-corrected chi connectivity index (χ2v) is 4.66. The monoisotopic (exact) mass is 234 g/mol. The fourth-order valence-electron chi connectivity index (χ4n) is 2.28. The minimum absolute atomic E-state index is 0.866. The molecule has 1 fully saturated rings. The van der Waals surface area contributed by atoms with Gasteiger partial charge in [0.1, 0.15) is 0 Å². The molecule has 1 aliphatic rings. The van der Waals surface area contributed by atoms with E-state index in [1.807, 2.05) is 12.1 Å². The van der Waals surface area contributed by atoms with Crippen LogP contribution >= 0.6 is 0 Å². The van der Waals surface area contributed by atoms with Gasteiger partial charge >= 0.3 is 0 Å². The molecule has 1 saturated heterocycles. The van der Waals surface area contributed by atoms with Crippen molar-refractivity contribution in [3.8, 4) is 0 Å². The lowest BCUT2D eigenvalue weighted by molar-refractivity contribution is 0.141. The summed E-state index contributed by atoms with van der Waals surface area (Å²) in [6, 6.07) is 8.20. The first kappa shape index (κ1) is 12.4. The molecule has 94 valence electrons. The molecule has 3 nitrogen and oxygen atoms in total. The summed E-state index contributed by atoms with van der Waals surface area (Å²) in [6.07, 6.45) is 3.48. The third kappa shape index (κ3) is 4.36. The van der Waals surface area contributed by atoms with Gasteiger partial charge in [-0.3, -0.25) is 0 Å². The first-order valence-electron chi connectivity index (χ1n) is 6.49. The maximum absolute atomic E-state index is 5.77. The summed E-state index contributed by atoms with van der Waals surface area (Å²) in [5.41, 5.74) is 7.98. The zero-order valence-corrected chi connectivity index (χ0v) is 10.4. The minimum Gasteiger partial charge on any atom is -0.399 e. The predicted octanol–water partition coefficient (Wildman–Crippen LogP) is 1.92. The summed E-state index contributed by atoms with van der Waals surface area (Å²) in [4.78, 5) is 2.50. The van der Waals surface area contributed by atoms with E-state index in [-0.39, 0.29) is 0 Å². The Labute approximate surface area is 104 Å². The summed E-state index contributed by atoms with van der Waals surface area (Å²) in [5, 5.41) is 0. The quantitative estimate of drug-likeness (QED) is 0.809. The van der Waals surface area contributed by atoms with Crippen LogP contribution in [-0.2, 0) is 11.2 Å². The van der Waals surface area contributed by atoms with Gasteiger partial charge in [-0.25, -0.2) is 0 Å². The number of aryl methyl sites for hydroxylation is 1. The molecule has 1 aliphatic heterocycles. The number of nitrogen functional groups attached to an aromatic ring is 1. The Hall–Kier alpha value is -1.06. The number of benzene rings is 1. The van der Waals surface area contributed by atoms with Crippen LogP contribution in [0.1, 0.15) is 18.4 Å². The Morgan fingerprint density at radius 3 is 3.06 bits per heavy atom. The first-order valence-corrected chi connectivity index (χ1v) is 6.49. The molecule has 0 unspecified atom stereocenters. The van der Waals surface area contributed by atoms with Crippen LogP contribution in [0.25, 0.3) is 0 Å². The van der Waals surface area contributed by atoms with Crippen molar-refractivity contribution in [2.45, 2.75) is 19.3 Å². The van der Waals surface area contributed by atoms with Crippen molar-refractivity contribution in [2.24, 2.45) is 0 Å². The molecule has 0 saturated carbocycles. The molecule has 0 aliphatic carbocycles. The van der Waals surface area contributed by atoms with E-state index in [2.05, 4.69) is 17.0 Å². The van der Waals surface area contributed by atoms with Crippen molar-refractivity contribution >= 4 is 5.69 Å². The number of ether oxygens (including phenoxy) is 1. The zero-order valence-electron chi connectivity index (χ0n) is 10.4. The van der Waals surface area contributed by atoms with Gasteiger partial charge in [0.15, 0.2) is 0 Å². The molecule has 0 radical (unpaired) electrons. The Morgan fingerprint density at radius 2 is 2.18 bits per heavy atom. The molecular weight excluding hydrogens is 212 g/mol. The Bertz CT molecular complexity index is 333. The summed E-state index contributed by atoms with van der Waals surface area (Å²) >= 11 is 0. The molecule has 1 aromatic carbocycles. The highest BCUT2D eigenvalue weighted by Gasteiger charge is 2.08. The average Bonchev–Trinajstić information content (AvgIpc) is 2.58.